The topological polar surface area (TPSA) is 302 Å². The number of esters is 2. The van der Waals surface area contributed by atoms with Gasteiger partial charge in [-0.15, -0.1) is 0 Å². The number of amides is 2. The largest absolute Gasteiger partial charge is 0.462 e. The van der Waals surface area contributed by atoms with Gasteiger partial charge in [-0.1, -0.05) is 141 Å². The molecule has 0 radical (unpaired) electrons. The molecule has 2 aliphatic carbocycles. The Morgan fingerprint density at radius 1 is 0.550 bits per heavy atom. The highest BCUT2D eigenvalue weighted by Gasteiger charge is 2.62. The van der Waals surface area contributed by atoms with Gasteiger partial charge in [-0.2, -0.15) is 0 Å². The fourth-order valence-corrected chi connectivity index (χ4v) is 18.8. The Labute approximate surface area is 643 Å². The minimum atomic E-state index is -1.91. The van der Waals surface area contributed by atoms with Crippen LogP contribution in [0.5, 0.6) is 0 Å². The number of carbonyl (C=O) groups excluding carboxylic acids is 4. The van der Waals surface area contributed by atoms with Crippen LogP contribution in [0.2, 0.25) is 0 Å². The summed E-state index contributed by atoms with van der Waals surface area (Å²) in [6.07, 6.45) is 17.9. The Morgan fingerprint density at radius 3 is 1.32 bits per heavy atom. The molecule has 10 heterocycles. The fraction of sp³-hybridized carbons (Fsp3) is 0.718. The molecule has 6 fully saturated rings. The van der Waals surface area contributed by atoms with Gasteiger partial charge in [0.1, 0.15) is 66.1 Å². The molecule has 2 spiro atoms. The van der Waals surface area contributed by atoms with Crippen LogP contribution >= 0.6 is 0 Å². The quantitative estimate of drug-likeness (QED) is 0.0536. The number of methoxy groups -OCH3 is 2. The van der Waals surface area contributed by atoms with E-state index in [1.165, 1.54) is 0 Å². The fourth-order valence-electron chi connectivity index (χ4n) is 18.8. The summed E-state index contributed by atoms with van der Waals surface area (Å²) in [5, 5.41) is 54.3. The summed E-state index contributed by atoms with van der Waals surface area (Å²) in [4.78, 5) is 57.4. The van der Waals surface area contributed by atoms with E-state index in [4.69, 9.17) is 66.3 Å². The average Bonchev–Trinajstić information content (AvgIpc) is 1.60. The van der Waals surface area contributed by atoms with Crippen molar-refractivity contribution in [2.24, 2.45) is 47.3 Å². The van der Waals surface area contributed by atoms with E-state index in [1.54, 1.807) is 52.4 Å². The number of aliphatic hydroxyl groups excluding tert-OH is 2. The van der Waals surface area contributed by atoms with Crippen LogP contribution < -0.4 is 10.6 Å². The molecule has 0 aromatic carbocycles. The van der Waals surface area contributed by atoms with Crippen LogP contribution in [-0.2, 0) is 85.5 Å². The third kappa shape index (κ3) is 17.4. The maximum absolute atomic E-state index is 14.6. The van der Waals surface area contributed by atoms with Crippen LogP contribution in [0.3, 0.4) is 0 Å². The molecule has 0 saturated carbocycles. The van der Waals surface area contributed by atoms with Crippen LogP contribution in [0.1, 0.15) is 168 Å². The molecule has 109 heavy (non-hydrogen) atoms. The number of carbonyl (C=O) groups is 4. The van der Waals surface area contributed by atoms with Crippen molar-refractivity contribution in [3.63, 3.8) is 0 Å². The zero-order chi connectivity index (χ0) is 78.3. The van der Waals surface area contributed by atoms with Gasteiger partial charge in [0, 0.05) is 76.4 Å². The van der Waals surface area contributed by atoms with Gasteiger partial charge in [0.2, 0.25) is 11.8 Å². The van der Waals surface area contributed by atoms with Crippen LogP contribution in [0, 0.1) is 47.3 Å². The second-order valence-electron chi connectivity index (χ2n) is 33.5. The summed E-state index contributed by atoms with van der Waals surface area (Å²) < 4.78 is 92.4. The van der Waals surface area contributed by atoms with Gasteiger partial charge in [-0.3, -0.25) is 19.2 Å². The van der Waals surface area contributed by atoms with E-state index in [2.05, 4.69) is 76.5 Å². The predicted octanol–water partition coefficient (Wildman–Crippen LogP) is 9.34. The Balaban J connectivity index is 0.712. The van der Waals surface area contributed by atoms with Crippen molar-refractivity contribution in [3.05, 3.63) is 119 Å². The predicted molar refractivity (Wildman–Crippen MR) is 402 cm³/mol. The number of nitrogens with one attached hydrogen (secondary N) is 2. The normalized spacial score (nSPS) is 47.1. The lowest BCUT2D eigenvalue weighted by molar-refractivity contribution is -0.301. The van der Waals surface area contributed by atoms with Gasteiger partial charge < -0.3 is 97.4 Å². The monoisotopic (exact) mass is 1520 g/mol. The van der Waals surface area contributed by atoms with Gasteiger partial charge in [-0.05, 0) is 112 Å². The Morgan fingerprint density at radius 2 is 0.945 bits per heavy atom. The number of rotatable bonds is 14. The molecule has 6 N–H and O–H groups in total. The van der Waals surface area contributed by atoms with Gasteiger partial charge in [0.25, 0.3) is 0 Å². The van der Waals surface area contributed by atoms with E-state index < -0.39 is 175 Å². The number of ether oxygens (including phenoxy) is 14. The van der Waals surface area contributed by atoms with Crippen molar-refractivity contribution in [2.75, 3.05) is 27.4 Å². The van der Waals surface area contributed by atoms with Gasteiger partial charge in [0.05, 0.1) is 86.3 Å². The molecule has 10 aliphatic heterocycles. The third-order valence-corrected chi connectivity index (χ3v) is 25.6. The molecule has 32 atom stereocenters. The summed E-state index contributed by atoms with van der Waals surface area (Å²) >= 11 is 0. The van der Waals surface area contributed by atoms with Crippen molar-refractivity contribution in [1.29, 1.82) is 0 Å². The molecule has 0 aromatic rings. The minimum absolute atomic E-state index is 0.0255. The van der Waals surface area contributed by atoms with Gasteiger partial charge in [-0.25, -0.2) is 0 Å². The first-order valence-electron chi connectivity index (χ1n) is 40.1. The maximum Gasteiger partial charge on any atom is 0.316 e. The molecule has 12 aliphatic rings. The summed E-state index contributed by atoms with van der Waals surface area (Å²) in [5.41, 5.74) is -0.215. The van der Waals surface area contributed by atoms with Crippen molar-refractivity contribution in [1.82, 2.24) is 10.6 Å². The first kappa shape index (κ1) is 83.1. The van der Waals surface area contributed by atoms with Crippen LogP contribution in [0.25, 0.3) is 0 Å². The summed E-state index contributed by atoms with van der Waals surface area (Å²) in [7, 11) is 3.13. The van der Waals surface area contributed by atoms with E-state index in [0.29, 0.717) is 48.0 Å². The van der Waals surface area contributed by atoms with E-state index in [-0.39, 0.29) is 86.6 Å². The van der Waals surface area contributed by atoms with Crippen LogP contribution in [0.4, 0.5) is 0 Å². The van der Waals surface area contributed by atoms with E-state index in [0.717, 1.165) is 24.0 Å². The third-order valence-electron chi connectivity index (χ3n) is 25.6. The maximum atomic E-state index is 14.6. The molecule has 2 unspecified atom stereocenters. The average molecular weight is 1520 g/mol. The van der Waals surface area contributed by atoms with E-state index in [9.17, 15) is 39.6 Å². The molecule has 0 aromatic heterocycles. The lowest BCUT2D eigenvalue weighted by atomic mass is 9.71. The second kappa shape index (κ2) is 34.4. The number of allylic oxidation sites excluding steroid dienone is 4. The first-order chi connectivity index (χ1) is 51.8. The molecule has 24 heteroatoms. The molecular weight excluding hydrogens is 1400 g/mol. The molecular formula is C85H122N2O22. The molecule has 12 rings (SSSR count). The zero-order valence-electron chi connectivity index (χ0n) is 66.6. The number of hydrogen-bond donors (Lipinski definition) is 6. The number of hydrogen-bond acceptors (Lipinski definition) is 22. The SMILES string of the molecule is CCC(C)[C@H]1O[C@]2(C=C[C@@H]1C)C[C@@H]1C[C@@H](C/C=C(\C)[C@@H](O[C@H]3C[C@H](OC)[C@@H](NC(=O)CC(=O)N[C@H]4[C@H](C)O[C@@H](O[C@@H]5/C(C)=C/C[C@@H]6C[C@@H](C[C@]7(C=C[C@H](C)C([C@@H](C)CC)O7)O6)OC(=O)[C@@H]6C=C(C)[C@@H](O)[C@H]7OC/C(=C\C=C\[C@@H]5C)[C@]76O)C[C@@H]4OC)[C@H](C)O3)[C@@H](C)/C=C/C=C3\CO[C@@H]4[C@H](O)C(C)=C[C@@H](C(=O)O1)[C@]34O)O2. The second-order valence-corrected chi connectivity index (χ2v) is 33.5. The van der Waals surface area contributed by atoms with Gasteiger partial charge in [0.15, 0.2) is 24.2 Å². The lowest BCUT2D eigenvalue weighted by Crippen LogP contribution is -2.59. The lowest BCUT2D eigenvalue weighted by Gasteiger charge is -2.48. The number of fused-ring (bicyclic) bond motifs is 4. The van der Waals surface area contributed by atoms with Crippen molar-refractivity contribution in [3.8, 4) is 0 Å². The highest BCUT2D eigenvalue weighted by atomic mass is 16.7. The molecule has 24 nitrogen and oxygen atoms in total. The highest BCUT2D eigenvalue weighted by molar-refractivity contribution is 5.97. The minimum Gasteiger partial charge on any atom is -0.462 e. The summed E-state index contributed by atoms with van der Waals surface area (Å²) in [6, 6.07) is -1.35. The molecule has 6 saturated heterocycles. The smallest absolute Gasteiger partial charge is 0.316 e. The highest BCUT2D eigenvalue weighted by Crippen LogP contribution is 2.50. The standard InChI is InChI=1S/C85H122N2O22/c1-17-44(3)76-50(9)29-31-82(108-76)40-60-35-58(106-82)27-25-48(7)74(46(5)21-19-23-56-42-98-78-72(90)52(11)33-62(80(92)102-60)84(56,78)94)104-68-37-64(96-15)70(54(13)100-68)86-66(88)39-67(89)87-71-55(14)101-69(38-65(71)97-16)105-75-47(6)22-20-24-57-43-99-79-73(91)53(12)34-63(85(57,79)95)81(93)103-61-36-59(28-26-49(75)8)107-83(41-61)32-30-51(10)77(109-83)45(4)18-2/h19-26,29-34,44-47,50-51,54-55,58-65,68-79,90-91,94-95H,17-18,27-28,35-43H2,1-16H3,(H,86,88)(H,87,89)/b21-19+,22-20+,48-25+,49-26+,56-23+,57-24+/t44-,45?,46-,47-,50-,51-,54-,55-,58+,59+,60-,61-,62-,63-,64-,65-,68-,69-,70-,71-,72+,73+,74-,75-,76?,77+,78+,79+,82+,83+,84+,85+/m0/s1. The molecule has 604 valence electrons. The van der Waals surface area contributed by atoms with Crippen molar-refractivity contribution >= 4 is 23.8 Å². The van der Waals surface area contributed by atoms with Gasteiger partial charge >= 0.3 is 11.9 Å². The number of aliphatic hydroxyl groups is 4. The summed E-state index contributed by atoms with van der Waals surface area (Å²) in [5.74, 6) is -7.01. The Kier molecular flexibility index (Phi) is 26.2. The van der Waals surface area contributed by atoms with Crippen molar-refractivity contribution < 1.29 is 106 Å². The zero-order valence-corrected chi connectivity index (χ0v) is 66.6. The van der Waals surface area contributed by atoms with E-state index in [1.807, 2.05) is 78.0 Å². The van der Waals surface area contributed by atoms with E-state index >= 15 is 0 Å². The van der Waals surface area contributed by atoms with Crippen LogP contribution in [-0.4, -0.2) is 217 Å². The first-order valence-corrected chi connectivity index (χ1v) is 40.1. The molecule has 4 bridgehead atoms. The van der Waals surface area contributed by atoms with Crippen molar-refractivity contribution in [2.45, 2.75) is 313 Å². The van der Waals surface area contributed by atoms with Crippen LogP contribution in [0.15, 0.2) is 119 Å². The Bertz CT molecular complexity index is 3390. The summed E-state index contributed by atoms with van der Waals surface area (Å²) in [6.45, 7) is 27.9. The Hall–Kier alpha value is -5.36. The molecule has 2 amide bonds.